The molecule has 0 amide bonds. The number of hydrogen-bond acceptors (Lipinski definition) is 3. The van der Waals surface area contributed by atoms with Crippen LogP contribution in [0.1, 0.15) is 30.0 Å². The van der Waals surface area contributed by atoms with Gasteiger partial charge in [0.1, 0.15) is 5.82 Å². The predicted octanol–water partition coefficient (Wildman–Crippen LogP) is 3.75. The SMILES string of the molecule is CCCNCc1cc(N2Cc3ccccc3C2)ncc1Cl. The maximum Gasteiger partial charge on any atom is 0.129 e. The molecular formula is C17H20ClN3. The number of anilines is 1. The lowest BCUT2D eigenvalue weighted by Crippen LogP contribution is -2.18. The van der Waals surface area contributed by atoms with Crippen molar-refractivity contribution in [3.63, 3.8) is 0 Å². The highest BCUT2D eigenvalue weighted by molar-refractivity contribution is 6.31. The lowest BCUT2D eigenvalue weighted by molar-refractivity contribution is 0.674. The van der Waals surface area contributed by atoms with Gasteiger partial charge in [-0.25, -0.2) is 4.98 Å². The maximum atomic E-state index is 6.25. The first kappa shape index (κ1) is 14.4. The monoisotopic (exact) mass is 301 g/mol. The molecular weight excluding hydrogens is 282 g/mol. The summed E-state index contributed by atoms with van der Waals surface area (Å²) in [4.78, 5) is 6.79. The van der Waals surface area contributed by atoms with Crippen molar-refractivity contribution in [2.75, 3.05) is 11.4 Å². The lowest BCUT2D eigenvalue weighted by Gasteiger charge is -2.18. The Morgan fingerprint density at radius 3 is 2.62 bits per heavy atom. The predicted molar refractivity (Wildman–Crippen MR) is 87.6 cm³/mol. The number of hydrogen-bond donors (Lipinski definition) is 1. The van der Waals surface area contributed by atoms with Crippen molar-refractivity contribution in [1.29, 1.82) is 0 Å². The highest BCUT2D eigenvalue weighted by Gasteiger charge is 2.20. The van der Waals surface area contributed by atoms with Gasteiger partial charge in [0.2, 0.25) is 0 Å². The Labute approximate surface area is 131 Å². The van der Waals surface area contributed by atoms with E-state index in [2.05, 4.69) is 52.5 Å². The second-order valence-electron chi connectivity index (χ2n) is 5.44. The summed E-state index contributed by atoms with van der Waals surface area (Å²) < 4.78 is 0. The number of nitrogens with one attached hydrogen (secondary N) is 1. The van der Waals surface area contributed by atoms with E-state index in [9.17, 15) is 0 Å². The minimum atomic E-state index is 0.735. The van der Waals surface area contributed by atoms with Crippen LogP contribution in [-0.4, -0.2) is 11.5 Å². The average molecular weight is 302 g/mol. The molecule has 1 aromatic heterocycles. The minimum absolute atomic E-state index is 0.735. The Hall–Kier alpha value is -1.58. The number of benzene rings is 1. The first-order valence-electron chi connectivity index (χ1n) is 7.45. The van der Waals surface area contributed by atoms with Gasteiger partial charge in [-0.1, -0.05) is 42.8 Å². The van der Waals surface area contributed by atoms with E-state index in [4.69, 9.17) is 11.6 Å². The molecule has 3 rings (SSSR count). The topological polar surface area (TPSA) is 28.2 Å². The summed E-state index contributed by atoms with van der Waals surface area (Å²) in [5.74, 6) is 1.00. The van der Waals surface area contributed by atoms with Crippen LogP contribution >= 0.6 is 11.6 Å². The van der Waals surface area contributed by atoms with Crippen LogP contribution < -0.4 is 10.2 Å². The highest BCUT2D eigenvalue weighted by Crippen LogP contribution is 2.28. The summed E-state index contributed by atoms with van der Waals surface area (Å²) >= 11 is 6.25. The molecule has 1 aromatic carbocycles. The molecule has 1 N–H and O–H groups in total. The van der Waals surface area contributed by atoms with Gasteiger partial charge >= 0.3 is 0 Å². The number of aromatic nitrogens is 1. The zero-order chi connectivity index (χ0) is 14.7. The molecule has 0 spiro atoms. The number of pyridine rings is 1. The molecule has 1 aliphatic rings. The van der Waals surface area contributed by atoms with E-state index in [1.165, 1.54) is 11.1 Å². The maximum absolute atomic E-state index is 6.25. The molecule has 0 unspecified atom stereocenters. The summed E-state index contributed by atoms with van der Waals surface area (Å²) in [5.41, 5.74) is 3.89. The van der Waals surface area contributed by atoms with Crippen LogP contribution in [-0.2, 0) is 19.6 Å². The van der Waals surface area contributed by atoms with Gasteiger partial charge in [0.15, 0.2) is 0 Å². The Morgan fingerprint density at radius 1 is 1.24 bits per heavy atom. The molecule has 21 heavy (non-hydrogen) atoms. The molecule has 1 aliphatic heterocycles. The van der Waals surface area contributed by atoms with Crippen molar-refractivity contribution in [3.05, 3.63) is 58.2 Å². The van der Waals surface area contributed by atoms with Crippen molar-refractivity contribution in [2.45, 2.75) is 33.0 Å². The molecule has 0 aliphatic carbocycles. The zero-order valence-electron chi connectivity index (χ0n) is 12.3. The number of rotatable bonds is 5. The largest absolute Gasteiger partial charge is 0.348 e. The van der Waals surface area contributed by atoms with Crippen LogP contribution in [0.5, 0.6) is 0 Å². The third-order valence-corrected chi connectivity index (χ3v) is 4.17. The minimum Gasteiger partial charge on any atom is -0.348 e. The fraction of sp³-hybridized carbons (Fsp3) is 0.353. The van der Waals surface area contributed by atoms with Crippen molar-refractivity contribution in [2.24, 2.45) is 0 Å². The van der Waals surface area contributed by atoms with Crippen LogP contribution in [0.15, 0.2) is 36.5 Å². The van der Waals surface area contributed by atoms with Gasteiger partial charge in [-0.2, -0.15) is 0 Å². The smallest absolute Gasteiger partial charge is 0.129 e. The third-order valence-electron chi connectivity index (χ3n) is 3.83. The standard InChI is InChI=1S/C17H20ClN3/c1-2-7-19-9-15-8-17(20-10-16(15)18)21-11-13-5-3-4-6-14(13)12-21/h3-6,8,10,19H,2,7,9,11-12H2,1H3. The van der Waals surface area contributed by atoms with Crippen molar-refractivity contribution >= 4 is 17.4 Å². The molecule has 0 saturated heterocycles. The summed E-state index contributed by atoms with van der Waals surface area (Å²) in [5, 5.41) is 4.13. The van der Waals surface area contributed by atoms with Crippen LogP contribution in [0.3, 0.4) is 0 Å². The molecule has 0 bridgehead atoms. The van der Waals surface area contributed by atoms with E-state index >= 15 is 0 Å². The number of fused-ring (bicyclic) bond motifs is 1. The first-order chi connectivity index (χ1) is 10.3. The zero-order valence-corrected chi connectivity index (χ0v) is 13.0. The van der Waals surface area contributed by atoms with E-state index in [1.807, 2.05) is 0 Å². The molecule has 0 saturated carbocycles. The molecule has 0 fully saturated rings. The summed E-state index contributed by atoms with van der Waals surface area (Å²) in [6.07, 6.45) is 2.89. The Morgan fingerprint density at radius 2 is 1.95 bits per heavy atom. The number of halogens is 1. The summed E-state index contributed by atoms with van der Waals surface area (Å²) in [7, 11) is 0. The molecule has 2 aromatic rings. The van der Waals surface area contributed by atoms with Gasteiger partial charge in [0.05, 0.1) is 5.02 Å². The van der Waals surface area contributed by atoms with Gasteiger partial charge in [0.25, 0.3) is 0 Å². The van der Waals surface area contributed by atoms with Crippen molar-refractivity contribution in [3.8, 4) is 0 Å². The van der Waals surface area contributed by atoms with Crippen LogP contribution in [0.4, 0.5) is 5.82 Å². The first-order valence-corrected chi connectivity index (χ1v) is 7.82. The Kier molecular flexibility index (Phi) is 4.42. The second kappa shape index (κ2) is 6.46. The molecule has 110 valence electrons. The summed E-state index contributed by atoms with van der Waals surface area (Å²) in [6.45, 7) is 5.80. The Bertz CT molecular complexity index is 602. The van der Waals surface area contributed by atoms with Gasteiger partial charge < -0.3 is 10.2 Å². The van der Waals surface area contributed by atoms with Crippen LogP contribution in [0, 0.1) is 0 Å². The van der Waals surface area contributed by atoms with Crippen LogP contribution in [0.25, 0.3) is 0 Å². The quantitative estimate of drug-likeness (QED) is 0.853. The van der Waals surface area contributed by atoms with Gasteiger partial charge in [-0.05, 0) is 35.7 Å². The van der Waals surface area contributed by atoms with E-state index in [-0.39, 0.29) is 0 Å². The average Bonchev–Trinajstić information content (AvgIpc) is 2.93. The van der Waals surface area contributed by atoms with E-state index < -0.39 is 0 Å². The molecule has 2 heterocycles. The summed E-state index contributed by atoms with van der Waals surface area (Å²) in [6, 6.07) is 10.7. The van der Waals surface area contributed by atoms with E-state index in [0.29, 0.717) is 0 Å². The van der Waals surface area contributed by atoms with Crippen molar-refractivity contribution < 1.29 is 0 Å². The molecule has 0 atom stereocenters. The van der Waals surface area contributed by atoms with Crippen LogP contribution in [0.2, 0.25) is 5.02 Å². The van der Waals surface area contributed by atoms with E-state index in [0.717, 1.165) is 49.0 Å². The van der Waals surface area contributed by atoms with Gasteiger partial charge in [0, 0.05) is 25.8 Å². The molecule has 3 nitrogen and oxygen atoms in total. The van der Waals surface area contributed by atoms with Gasteiger partial charge in [-0.3, -0.25) is 0 Å². The molecule has 0 radical (unpaired) electrons. The Balaban J connectivity index is 1.76. The second-order valence-corrected chi connectivity index (χ2v) is 5.84. The fourth-order valence-electron chi connectivity index (χ4n) is 2.67. The van der Waals surface area contributed by atoms with Crippen molar-refractivity contribution in [1.82, 2.24) is 10.3 Å². The van der Waals surface area contributed by atoms with E-state index in [1.54, 1.807) is 6.20 Å². The lowest BCUT2D eigenvalue weighted by atomic mass is 10.1. The highest BCUT2D eigenvalue weighted by atomic mass is 35.5. The number of nitrogens with zero attached hydrogens (tertiary/aromatic N) is 2. The third kappa shape index (κ3) is 3.20. The van der Waals surface area contributed by atoms with Gasteiger partial charge in [-0.15, -0.1) is 0 Å². The molecule has 4 heteroatoms. The normalized spacial score (nSPS) is 13.5. The fourth-order valence-corrected chi connectivity index (χ4v) is 2.84.